The summed E-state index contributed by atoms with van der Waals surface area (Å²) in [6, 6.07) is 11.3. The average molecular weight is 345 g/mol. The number of aryl methyl sites for hydroxylation is 1. The van der Waals surface area contributed by atoms with E-state index in [1.165, 1.54) is 23.9 Å². The molecule has 1 aromatic heterocycles. The smallest absolute Gasteiger partial charge is 0.149 e. The molecular weight excluding hydrogens is 328 g/mol. The van der Waals surface area contributed by atoms with E-state index in [9.17, 15) is 13.9 Å². The first-order valence-corrected chi connectivity index (χ1v) is 8.34. The van der Waals surface area contributed by atoms with Crippen molar-refractivity contribution < 1.29 is 13.9 Å². The normalized spacial score (nSPS) is 11.9. The Labute approximate surface area is 143 Å². The number of para-hydroxylation sites is 1. The maximum atomic E-state index is 14.2. The molecule has 3 rings (SSSR count). The quantitative estimate of drug-likeness (QED) is 0.708. The van der Waals surface area contributed by atoms with Gasteiger partial charge in [0.25, 0.3) is 0 Å². The summed E-state index contributed by atoms with van der Waals surface area (Å²) in [6.45, 7) is 4.89. The summed E-state index contributed by atoms with van der Waals surface area (Å²) in [5.41, 5.74) is -0.0866. The Morgan fingerprint density at radius 3 is 2.38 bits per heavy atom. The molecule has 124 valence electrons. The number of pyridine rings is 1. The summed E-state index contributed by atoms with van der Waals surface area (Å²) in [4.78, 5) is 5.74. The number of aliphatic hydroxyl groups is 1. The van der Waals surface area contributed by atoms with E-state index in [4.69, 9.17) is 0 Å². The molecule has 0 amide bonds. The SMILES string of the molecule is Cc1nc2c(F)cccc2cc1Sc1cccc(F)c1C(C)(C)O. The minimum atomic E-state index is -1.31. The second kappa shape index (κ2) is 6.15. The van der Waals surface area contributed by atoms with E-state index in [0.717, 1.165) is 4.90 Å². The number of halogens is 2. The molecule has 1 N–H and O–H groups in total. The summed E-state index contributed by atoms with van der Waals surface area (Å²) in [7, 11) is 0. The van der Waals surface area contributed by atoms with Gasteiger partial charge in [-0.15, -0.1) is 0 Å². The van der Waals surface area contributed by atoms with Crippen LogP contribution in [0.25, 0.3) is 10.9 Å². The number of fused-ring (bicyclic) bond motifs is 1. The van der Waals surface area contributed by atoms with Crippen molar-refractivity contribution in [2.45, 2.75) is 36.2 Å². The Morgan fingerprint density at radius 1 is 1.00 bits per heavy atom. The zero-order chi connectivity index (χ0) is 17.5. The fraction of sp³-hybridized carbons (Fsp3) is 0.211. The topological polar surface area (TPSA) is 33.1 Å². The van der Waals surface area contributed by atoms with Crippen molar-refractivity contribution in [1.29, 1.82) is 0 Å². The van der Waals surface area contributed by atoms with Gasteiger partial charge in [-0.1, -0.05) is 30.0 Å². The molecule has 0 radical (unpaired) electrons. The lowest BCUT2D eigenvalue weighted by Gasteiger charge is -2.22. The molecule has 0 aliphatic heterocycles. The number of hydrogen-bond donors (Lipinski definition) is 1. The fourth-order valence-corrected chi connectivity index (χ4v) is 3.85. The molecule has 0 atom stereocenters. The van der Waals surface area contributed by atoms with Gasteiger partial charge in [-0.05, 0) is 45.0 Å². The standard InChI is InChI=1S/C19H17F2NOS/c1-11-16(10-12-6-4-8-14(21)18(12)22-11)24-15-9-5-7-13(20)17(15)19(2,3)23/h4-10,23H,1-3H3. The number of hydrogen-bond acceptors (Lipinski definition) is 3. The molecule has 0 aliphatic carbocycles. The first-order chi connectivity index (χ1) is 11.3. The van der Waals surface area contributed by atoms with Crippen LogP contribution in [0.5, 0.6) is 0 Å². The van der Waals surface area contributed by atoms with Crippen molar-refractivity contribution in [3.05, 3.63) is 65.4 Å². The Balaban J connectivity index is 2.12. The molecule has 0 saturated carbocycles. The van der Waals surface area contributed by atoms with Gasteiger partial charge in [-0.2, -0.15) is 0 Å². The second-order valence-electron chi connectivity index (χ2n) is 6.16. The minimum Gasteiger partial charge on any atom is -0.386 e. The molecule has 0 aliphatic rings. The Hall–Kier alpha value is -1.98. The van der Waals surface area contributed by atoms with Crippen LogP contribution in [0.4, 0.5) is 8.78 Å². The largest absolute Gasteiger partial charge is 0.386 e. The Bertz CT molecular complexity index is 919. The van der Waals surface area contributed by atoms with Crippen molar-refractivity contribution in [2.75, 3.05) is 0 Å². The Kier molecular flexibility index (Phi) is 4.32. The van der Waals surface area contributed by atoms with Gasteiger partial charge in [-0.25, -0.2) is 13.8 Å². The van der Waals surface area contributed by atoms with Crippen molar-refractivity contribution >= 4 is 22.7 Å². The van der Waals surface area contributed by atoms with E-state index >= 15 is 0 Å². The van der Waals surface area contributed by atoms with E-state index in [1.54, 1.807) is 45.0 Å². The van der Waals surface area contributed by atoms with Gasteiger partial charge in [0.05, 0.1) is 11.3 Å². The summed E-state index contributed by atoms with van der Waals surface area (Å²) >= 11 is 1.32. The third-order valence-corrected chi connectivity index (χ3v) is 4.94. The highest BCUT2D eigenvalue weighted by Crippen LogP contribution is 2.38. The van der Waals surface area contributed by atoms with Gasteiger partial charge in [0, 0.05) is 20.7 Å². The average Bonchev–Trinajstić information content (AvgIpc) is 2.48. The first-order valence-electron chi connectivity index (χ1n) is 7.52. The van der Waals surface area contributed by atoms with E-state index in [1.807, 2.05) is 6.07 Å². The van der Waals surface area contributed by atoms with Gasteiger partial charge in [0.1, 0.15) is 17.2 Å². The highest BCUT2D eigenvalue weighted by atomic mass is 32.2. The third-order valence-electron chi connectivity index (χ3n) is 3.75. The molecule has 0 unspecified atom stereocenters. The van der Waals surface area contributed by atoms with Crippen LogP contribution in [0, 0.1) is 18.6 Å². The zero-order valence-electron chi connectivity index (χ0n) is 13.6. The molecule has 0 fully saturated rings. The predicted octanol–water partition coefficient (Wildman–Crippen LogP) is 5.20. The molecule has 5 heteroatoms. The van der Waals surface area contributed by atoms with Gasteiger partial charge in [0.15, 0.2) is 0 Å². The number of benzene rings is 2. The van der Waals surface area contributed by atoms with Crippen LogP contribution in [0.1, 0.15) is 25.1 Å². The van der Waals surface area contributed by atoms with Gasteiger partial charge >= 0.3 is 0 Å². The lowest BCUT2D eigenvalue weighted by Crippen LogP contribution is -2.18. The van der Waals surface area contributed by atoms with Crippen molar-refractivity contribution in [1.82, 2.24) is 4.98 Å². The van der Waals surface area contributed by atoms with Crippen LogP contribution >= 0.6 is 11.8 Å². The summed E-state index contributed by atoms with van der Waals surface area (Å²) < 4.78 is 28.1. The van der Waals surface area contributed by atoms with Crippen LogP contribution in [0.15, 0.2) is 52.3 Å². The molecule has 2 nitrogen and oxygen atoms in total. The van der Waals surface area contributed by atoms with E-state index in [0.29, 0.717) is 21.5 Å². The minimum absolute atomic E-state index is 0.244. The lowest BCUT2D eigenvalue weighted by molar-refractivity contribution is 0.0715. The summed E-state index contributed by atoms with van der Waals surface area (Å²) in [6.07, 6.45) is 0. The van der Waals surface area contributed by atoms with Crippen LogP contribution in [-0.2, 0) is 5.60 Å². The fourth-order valence-electron chi connectivity index (χ4n) is 2.64. The highest BCUT2D eigenvalue weighted by molar-refractivity contribution is 7.99. The van der Waals surface area contributed by atoms with Crippen molar-refractivity contribution in [3.8, 4) is 0 Å². The monoisotopic (exact) mass is 345 g/mol. The second-order valence-corrected chi connectivity index (χ2v) is 7.24. The van der Waals surface area contributed by atoms with Crippen LogP contribution in [0.2, 0.25) is 0 Å². The maximum Gasteiger partial charge on any atom is 0.149 e. The molecule has 0 saturated heterocycles. The highest BCUT2D eigenvalue weighted by Gasteiger charge is 2.25. The number of nitrogens with zero attached hydrogens (tertiary/aromatic N) is 1. The number of aromatic nitrogens is 1. The van der Waals surface area contributed by atoms with E-state index < -0.39 is 11.4 Å². The van der Waals surface area contributed by atoms with Crippen molar-refractivity contribution in [3.63, 3.8) is 0 Å². The maximum absolute atomic E-state index is 14.2. The molecule has 3 aromatic rings. The van der Waals surface area contributed by atoms with Gasteiger partial charge in [-0.3, -0.25) is 0 Å². The first kappa shape index (κ1) is 16.9. The van der Waals surface area contributed by atoms with Gasteiger partial charge in [0.2, 0.25) is 0 Å². The summed E-state index contributed by atoms with van der Waals surface area (Å²) in [5, 5.41) is 11.0. The van der Waals surface area contributed by atoms with Crippen LogP contribution in [-0.4, -0.2) is 10.1 Å². The zero-order valence-corrected chi connectivity index (χ0v) is 14.4. The lowest BCUT2D eigenvalue weighted by atomic mass is 9.98. The van der Waals surface area contributed by atoms with Crippen LogP contribution in [0.3, 0.4) is 0 Å². The molecule has 0 spiro atoms. The molecule has 1 heterocycles. The number of rotatable bonds is 3. The molecule has 24 heavy (non-hydrogen) atoms. The molecular formula is C19H17F2NOS. The molecule has 0 bridgehead atoms. The van der Waals surface area contributed by atoms with Crippen LogP contribution < -0.4 is 0 Å². The van der Waals surface area contributed by atoms with Crippen molar-refractivity contribution in [2.24, 2.45) is 0 Å². The summed E-state index contributed by atoms with van der Waals surface area (Å²) in [5.74, 6) is -0.819. The van der Waals surface area contributed by atoms with E-state index in [2.05, 4.69) is 4.98 Å². The predicted molar refractivity (Wildman–Crippen MR) is 92.2 cm³/mol. The van der Waals surface area contributed by atoms with E-state index in [-0.39, 0.29) is 11.4 Å². The van der Waals surface area contributed by atoms with Gasteiger partial charge < -0.3 is 5.11 Å². The molecule has 2 aromatic carbocycles. The third kappa shape index (κ3) is 3.14. The Morgan fingerprint density at radius 2 is 1.67 bits per heavy atom.